The fraction of sp³-hybridized carbons (Fsp3) is 0.154. The number of aromatic nitrogens is 4. The number of aryl methyl sites for hydroxylation is 1. The largest absolute Gasteiger partial charge is 0.379 e. The quantitative estimate of drug-likeness (QED) is 0.759. The van der Waals surface area contributed by atoms with Crippen LogP contribution in [0.5, 0.6) is 0 Å². The standard InChI is InChI=1S/C13H13N5/c1-18-9-10(7-16-18)6-14-13-8-15-17-12-5-3-2-4-11(12)13/h2-5,7-9H,6H2,1H3,(H,14,17). The van der Waals surface area contributed by atoms with Crippen molar-refractivity contribution in [2.45, 2.75) is 6.54 Å². The molecule has 18 heavy (non-hydrogen) atoms. The SMILES string of the molecule is Cn1cc(CNc2cnnc3ccccc23)cn1. The molecule has 2 aromatic heterocycles. The number of anilines is 1. The molecule has 0 saturated carbocycles. The number of hydrogen-bond donors (Lipinski definition) is 1. The van der Waals surface area contributed by atoms with Crippen molar-refractivity contribution < 1.29 is 0 Å². The fourth-order valence-electron chi connectivity index (χ4n) is 1.91. The Bertz CT molecular complexity index is 668. The van der Waals surface area contributed by atoms with Gasteiger partial charge in [0.15, 0.2) is 0 Å². The summed E-state index contributed by atoms with van der Waals surface area (Å²) in [5.41, 5.74) is 3.02. The molecule has 0 bridgehead atoms. The van der Waals surface area contributed by atoms with Gasteiger partial charge in [-0.3, -0.25) is 4.68 Å². The molecule has 0 saturated heterocycles. The van der Waals surface area contributed by atoms with Gasteiger partial charge in [0, 0.05) is 30.7 Å². The molecule has 0 radical (unpaired) electrons. The van der Waals surface area contributed by atoms with E-state index in [0.717, 1.165) is 28.7 Å². The van der Waals surface area contributed by atoms with E-state index in [0.29, 0.717) is 0 Å². The molecular formula is C13H13N5. The molecule has 1 aromatic carbocycles. The van der Waals surface area contributed by atoms with E-state index in [9.17, 15) is 0 Å². The highest BCUT2D eigenvalue weighted by Crippen LogP contribution is 2.20. The number of hydrogen-bond acceptors (Lipinski definition) is 4. The van der Waals surface area contributed by atoms with Gasteiger partial charge < -0.3 is 5.32 Å². The summed E-state index contributed by atoms with van der Waals surface area (Å²) in [4.78, 5) is 0. The normalized spacial score (nSPS) is 10.7. The first-order valence-electron chi connectivity index (χ1n) is 5.75. The van der Waals surface area contributed by atoms with Crippen LogP contribution in [0.4, 0.5) is 5.69 Å². The highest BCUT2D eigenvalue weighted by molar-refractivity contribution is 5.90. The van der Waals surface area contributed by atoms with Gasteiger partial charge in [-0.05, 0) is 6.07 Å². The number of rotatable bonds is 3. The van der Waals surface area contributed by atoms with Crippen LogP contribution >= 0.6 is 0 Å². The van der Waals surface area contributed by atoms with Crippen molar-refractivity contribution in [1.82, 2.24) is 20.0 Å². The summed E-state index contributed by atoms with van der Waals surface area (Å²) in [6.07, 6.45) is 5.59. The molecule has 3 aromatic rings. The highest BCUT2D eigenvalue weighted by atomic mass is 15.2. The summed E-state index contributed by atoms with van der Waals surface area (Å²) in [7, 11) is 1.91. The summed E-state index contributed by atoms with van der Waals surface area (Å²) < 4.78 is 1.79. The van der Waals surface area contributed by atoms with Gasteiger partial charge in [-0.15, -0.1) is 0 Å². The van der Waals surface area contributed by atoms with Crippen molar-refractivity contribution in [2.24, 2.45) is 7.05 Å². The lowest BCUT2D eigenvalue weighted by molar-refractivity contribution is 0.767. The van der Waals surface area contributed by atoms with Crippen molar-refractivity contribution in [1.29, 1.82) is 0 Å². The molecule has 0 atom stereocenters. The Morgan fingerprint density at radius 2 is 2.11 bits per heavy atom. The highest BCUT2D eigenvalue weighted by Gasteiger charge is 2.02. The first-order valence-corrected chi connectivity index (χ1v) is 5.75. The van der Waals surface area contributed by atoms with Crippen LogP contribution in [0.1, 0.15) is 5.56 Å². The van der Waals surface area contributed by atoms with E-state index in [1.165, 1.54) is 0 Å². The molecule has 0 unspecified atom stereocenters. The summed E-state index contributed by atoms with van der Waals surface area (Å²) in [5.74, 6) is 0. The molecule has 90 valence electrons. The van der Waals surface area contributed by atoms with Gasteiger partial charge in [0.05, 0.1) is 23.6 Å². The predicted octanol–water partition coefficient (Wildman–Crippen LogP) is 1.98. The van der Waals surface area contributed by atoms with Crippen LogP contribution < -0.4 is 5.32 Å². The Morgan fingerprint density at radius 1 is 1.22 bits per heavy atom. The lowest BCUT2D eigenvalue weighted by Crippen LogP contribution is -2.00. The minimum atomic E-state index is 0.726. The van der Waals surface area contributed by atoms with Crippen LogP contribution in [0.3, 0.4) is 0 Å². The molecular weight excluding hydrogens is 226 g/mol. The van der Waals surface area contributed by atoms with Crippen LogP contribution in [0.15, 0.2) is 42.9 Å². The minimum absolute atomic E-state index is 0.726. The molecule has 2 heterocycles. The molecule has 0 aliphatic carbocycles. The van der Waals surface area contributed by atoms with Crippen molar-refractivity contribution in [3.8, 4) is 0 Å². The molecule has 0 aliphatic rings. The average Bonchev–Trinajstić information content (AvgIpc) is 2.82. The lowest BCUT2D eigenvalue weighted by atomic mass is 10.2. The summed E-state index contributed by atoms with van der Waals surface area (Å²) >= 11 is 0. The Hall–Kier alpha value is -2.43. The maximum Gasteiger partial charge on any atom is 0.0950 e. The maximum atomic E-state index is 4.14. The predicted molar refractivity (Wildman–Crippen MR) is 70.1 cm³/mol. The zero-order chi connectivity index (χ0) is 12.4. The Labute approximate surface area is 104 Å². The van der Waals surface area contributed by atoms with Crippen molar-refractivity contribution in [3.05, 3.63) is 48.4 Å². The first-order chi connectivity index (χ1) is 8.83. The number of nitrogens with zero attached hydrogens (tertiary/aromatic N) is 4. The van der Waals surface area contributed by atoms with E-state index in [1.54, 1.807) is 10.9 Å². The Balaban J connectivity index is 1.86. The topological polar surface area (TPSA) is 55.6 Å². The molecule has 0 spiro atoms. The van der Waals surface area contributed by atoms with E-state index in [1.807, 2.05) is 43.7 Å². The second-order valence-corrected chi connectivity index (χ2v) is 4.15. The van der Waals surface area contributed by atoms with Gasteiger partial charge in [-0.25, -0.2) is 0 Å². The van der Waals surface area contributed by atoms with Crippen LogP contribution in [-0.4, -0.2) is 20.0 Å². The average molecular weight is 239 g/mol. The fourth-order valence-corrected chi connectivity index (χ4v) is 1.91. The zero-order valence-electron chi connectivity index (χ0n) is 10.0. The first kappa shape index (κ1) is 10.7. The van der Waals surface area contributed by atoms with Crippen molar-refractivity contribution >= 4 is 16.6 Å². The lowest BCUT2D eigenvalue weighted by Gasteiger charge is -2.06. The van der Waals surface area contributed by atoms with Crippen LogP contribution in [-0.2, 0) is 13.6 Å². The van der Waals surface area contributed by atoms with Gasteiger partial charge >= 0.3 is 0 Å². The molecule has 5 nitrogen and oxygen atoms in total. The summed E-state index contributed by atoms with van der Waals surface area (Å²) in [6, 6.07) is 7.95. The van der Waals surface area contributed by atoms with Crippen LogP contribution in [0.25, 0.3) is 10.9 Å². The number of nitrogens with one attached hydrogen (secondary N) is 1. The summed E-state index contributed by atoms with van der Waals surface area (Å²) in [6.45, 7) is 0.726. The third-order valence-electron chi connectivity index (χ3n) is 2.79. The molecule has 0 aliphatic heterocycles. The summed E-state index contributed by atoms with van der Waals surface area (Å²) in [5, 5.41) is 16.7. The second-order valence-electron chi connectivity index (χ2n) is 4.15. The second kappa shape index (κ2) is 4.44. The van der Waals surface area contributed by atoms with E-state index < -0.39 is 0 Å². The smallest absolute Gasteiger partial charge is 0.0950 e. The molecule has 1 N–H and O–H groups in total. The third kappa shape index (κ3) is 2.02. The Morgan fingerprint density at radius 3 is 2.94 bits per heavy atom. The number of benzene rings is 1. The van der Waals surface area contributed by atoms with E-state index in [2.05, 4.69) is 20.6 Å². The third-order valence-corrected chi connectivity index (χ3v) is 2.79. The van der Waals surface area contributed by atoms with E-state index >= 15 is 0 Å². The minimum Gasteiger partial charge on any atom is -0.379 e. The van der Waals surface area contributed by atoms with Crippen molar-refractivity contribution in [2.75, 3.05) is 5.32 Å². The van der Waals surface area contributed by atoms with E-state index in [-0.39, 0.29) is 0 Å². The molecule has 0 fully saturated rings. The van der Waals surface area contributed by atoms with Gasteiger partial charge in [0.2, 0.25) is 0 Å². The van der Waals surface area contributed by atoms with Crippen LogP contribution in [0, 0.1) is 0 Å². The van der Waals surface area contributed by atoms with Crippen LogP contribution in [0.2, 0.25) is 0 Å². The van der Waals surface area contributed by atoms with Gasteiger partial charge in [0.25, 0.3) is 0 Å². The number of fused-ring (bicyclic) bond motifs is 1. The van der Waals surface area contributed by atoms with Gasteiger partial charge in [-0.1, -0.05) is 18.2 Å². The Kier molecular flexibility index (Phi) is 2.64. The zero-order valence-corrected chi connectivity index (χ0v) is 10.0. The van der Waals surface area contributed by atoms with Crippen molar-refractivity contribution in [3.63, 3.8) is 0 Å². The monoisotopic (exact) mass is 239 g/mol. The molecule has 5 heteroatoms. The van der Waals surface area contributed by atoms with Gasteiger partial charge in [0.1, 0.15) is 0 Å². The van der Waals surface area contributed by atoms with E-state index in [4.69, 9.17) is 0 Å². The molecule has 3 rings (SSSR count). The van der Waals surface area contributed by atoms with Gasteiger partial charge in [-0.2, -0.15) is 15.3 Å². The molecule has 0 amide bonds. The maximum absolute atomic E-state index is 4.14.